The third-order valence-electron chi connectivity index (χ3n) is 5.19. The van der Waals surface area contributed by atoms with Crippen LogP contribution in [0.25, 0.3) is 27.5 Å². The van der Waals surface area contributed by atoms with Crippen LogP contribution in [0.15, 0.2) is 60.7 Å². The number of fused-ring (bicyclic) bond motifs is 3. The first kappa shape index (κ1) is 17.7. The zero-order chi connectivity index (χ0) is 18.8. The summed E-state index contributed by atoms with van der Waals surface area (Å²) in [7, 11) is 0. The summed E-state index contributed by atoms with van der Waals surface area (Å²) in [4.78, 5) is 0. The summed E-state index contributed by atoms with van der Waals surface area (Å²) in [5.41, 5.74) is 6.25. The quantitative estimate of drug-likeness (QED) is 0.340. The van der Waals surface area contributed by atoms with Crippen molar-refractivity contribution in [3.63, 3.8) is 0 Å². The fourth-order valence-corrected chi connectivity index (χ4v) is 3.76. The van der Waals surface area contributed by atoms with Crippen molar-refractivity contribution in [2.24, 2.45) is 0 Å². The van der Waals surface area contributed by atoms with Crippen LogP contribution >= 0.6 is 0 Å². The van der Waals surface area contributed by atoms with Crippen LogP contribution < -0.4 is 4.74 Å². The second-order valence-electron chi connectivity index (χ2n) is 7.43. The Bertz CT molecular complexity index is 1010. The van der Waals surface area contributed by atoms with Gasteiger partial charge in [-0.2, -0.15) is 0 Å². The van der Waals surface area contributed by atoms with Crippen molar-refractivity contribution in [3.8, 4) is 11.4 Å². The minimum absolute atomic E-state index is 0.793. The summed E-state index contributed by atoms with van der Waals surface area (Å²) >= 11 is 0. The summed E-state index contributed by atoms with van der Waals surface area (Å²) in [6, 6.07) is 21.9. The highest BCUT2D eigenvalue weighted by molar-refractivity contribution is 6.09. The van der Waals surface area contributed by atoms with Crippen LogP contribution in [-0.4, -0.2) is 11.2 Å². The number of nitrogens with zero attached hydrogens (tertiary/aromatic N) is 1. The van der Waals surface area contributed by atoms with Gasteiger partial charge in [-0.1, -0.05) is 43.0 Å². The van der Waals surface area contributed by atoms with E-state index in [9.17, 15) is 0 Å². The van der Waals surface area contributed by atoms with E-state index in [-0.39, 0.29) is 0 Å². The van der Waals surface area contributed by atoms with Gasteiger partial charge in [0.1, 0.15) is 5.75 Å². The molecule has 1 aromatic heterocycles. The second kappa shape index (κ2) is 7.48. The maximum atomic E-state index is 5.88. The van der Waals surface area contributed by atoms with Crippen molar-refractivity contribution in [1.29, 1.82) is 0 Å². The second-order valence-corrected chi connectivity index (χ2v) is 7.43. The molecule has 2 nitrogen and oxygen atoms in total. The molecule has 0 saturated carbocycles. The zero-order valence-corrected chi connectivity index (χ0v) is 16.5. The lowest BCUT2D eigenvalue weighted by Crippen LogP contribution is -1.98. The molecule has 3 aromatic carbocycles. The van der Waals surface area contributed by atoms with Crippen LogP contribution in [0.3, 0.4) is 0 Å². The maximum Gasteiger partial charge on any atom is 0.119 e. The highest BCUT2D eigenvalue weighted by Crippen LogP contribution is 2.33. The van der Waals surface area contributed by atoms with Crippen LogP contribution in [-0.2, 0) is 0 Å². The minimum atomic E-state index is 0.793. The smallest absolute Gasteiger partial charge is 0.119 e. The lowest BCUT2D eigenvalue weighted by molar-refractivity contribution is 0.306. The van der Waals surface area contributed by atoms with Crippen LogP contribution in [0.5, 0.6) is 5.75 Å². The maximum absolute atomic E-state index is 5.88. The SMILES string of the molecule is CCCCCOc1ccc(-n2c3ccc(C)cc3c3cc(C)ccc32)cc1. The highest BCUT2D eigenvalue weighted by Gasteiger charge is 2.12. The number of rotatable bonds is 6. The predicted molar refractivity (Wildman–Crippen MR) is 115 cm³/mol. The van der Waals surface area contributed by atoms with Gasteiger partial charge in [0.05, 0.1) is 17.6 Å². The summed E-state index contributed by atoms with van der Waals surface area (Å²) in [5.74, 6) is 0.947. The molecule has 0 radical (unpaired) electrons. The van der Waals surface area contributed by atoms with Crippen LogP contribution in [0.4, 0.5) is 0 Å². The van der Waals surface area contributed by atoms with E-state index >= 15 is 0 Å². The van der Waals surface area contributed by atoms with E-state index in [0.29, 0.717) is 0 Å². The van der Waals surface area contributed by atoms with Crippen LogP contribution in [0, 0.1) is 13.8 Å². The van der Waals surface area contributed by atoms with Gasteiger partial charge in [-0.25, -0.2) is 0 Å². The van der Waals surface area contributed by atoms with Gasteiger partial charge < -0.3 is 9.30 Å². The van der Waals surface area contributed by atoms with Crippen molar-refractivity contribution in [2.75, 3.05) is 6.61 Å². The number of hydrogen-bond donors (Lipinski definition) is 0. The van der Waals surface area contributed by atoms with Crippen molar-refractivity contribution in [3.05, 3.63) is 71.8 Å². The standard InChI is InChI=1S/C25H27NO/c1-4-5-6-15-27-21-11-9-20(10-12-21)26-24-13-7-18(2)16-22(24)23-17-19(3)8-14-25(23)26/h7-14,16-17H,4-6,15H2,1-3H3. The van der Waals surface area contributed by atoms with Crippen molar-refractivity contribution >= 4 is 21.8 Å². The van der Waals surface area contributed by atoms with Gasteiger partial charge in [0.15, 0.2) is 0 Å². The van der Waals surface area contributed by atoms with Gasteiger partial charge in [-0.15, -0.1) is 0 Å². The first-order valence-electron chi connectivity index (χ1n) is 9.92. The average Bonchev–Trinajstić information content (AvgIpc) is 2.99. The Morgan fingerprint density at radius 1 is 0.741 bits per heavy atom. The molecule has 0 bridgehead atoms. The van der Waals surface area contributed by atoms with Gasteiger partial charge in [0.2, 0.25) is 0 Å². The number of benzene rings is 3. The summed E-state index contributed by atoms with van der Waals surface area (Å²) in [6.07, 6.45) is 3.55. The molecule has 4 aromatic rings. The van der Waals surface area contributed by atoms with E-state index in [1.165, 1.54) is 51.5 Å². The third-order valence-corrected chi connectivity index (χ3v) is 5.19. The van der Waals surface area contributed by atoms with E-state index < -0.39 is 0 Å². The van der Waals surface area contributed by atoms with E-state index in [0.717, 1.165) is 18.8 Å². The van der Waals surface area contributed by atoms with Crippen LogP contribution in [0.2, 0.25) is 0 Å². The Morgan fingerprint density at radius 2 is 1.33 bits per heavy atom. The number of ether oxygens (including phenoxy) is 1. The molecule has 0 aliphatic rings. The molecule has 0 saturated heterocycles. The molecule has 0 N–H and O–H groups in total. The van der Waals surface area contributed by atoms with E-state index in [1.54, 1.807) is 0 Å². The Balaban J connectivity index is 1.76. The van der Waals surface area contributed by atoms with Crippen molar-refractivity contribution < 1.29 is 4.74 Å². The number of aromatic nitrogens is 1. The molecule has 0 aliphatic heterocycles. The normalized spacial score (nSPS) is 11.4. The molecule has 0 aliphatic carbocycles. The van der Waals surface area contributed by atoms with Gasteiger partial charge in [0, 0.05) is 16.5 Å². The molecule has 27 heavy (non-hydrogen) atoms. The fourth-order valence-electron chi connectivity index (χ4n) is 3.76. The highest BCUT2D eigenvalue weighted by atomic mass is 16.5. The van der Waals surface area contributed by atoms with Crippen LogP contribution in [0.1, 0.15) is 37.3 Å². The van der Waals surface area contributed by atoms with Crippen molar-refractivity contribution in [1.82, 2.24) is 4.57 Å². The van der Waals surface area contributed by atoms with Gasteiger partial charge in [-0.05, 0) is 68.8 Å². The monoisotopic (exact) mass is 357 g/mol. The lowest BCUT2D eigenvalue weighted by Gasteiger charge is -2.10. The molecule has 1 heterocycles. The molecule has 2 heteroatoms. The molecular weight excluding hydrogens is 330 g/mol. The first-order chi connectivity index (χ1) is 13.2. The summed E-state index contributed by atoms with van der Waals surface area (Å²) in [6.45, 7) is 7.32. The molecule has 0 amide bonds. The molecule has 0 atom stereocenters. The molecule has 4 rings (SSSR count). The Hall–Kier alpha value is -2.74. The molecular formula is C25H27NO. The Labute approximate surface area is 161 Å². The zero-order valence-electron chi connectivity index (χ0n) is 16.5. The molecule has 138 valence electrons. The average molecular weight is 357 g/mol. The van der Waals surface area contributed by atoms with Gasteiger partial charge >= 0.3 is 0 Å². The van der Waals surface area contributed by atoms with E-state index in [2.05, 4.69) is 86.0 Å². The van der Waals surface area contributed by atoms with E-state index in [1.807, 2.05) is 0 Å². The fraction of sp³-hybridized carbons (Fsp3) is 0.280. The lowest BCUT2D eigenvalue weighted by atomic mass is 10.1. The largest absolute Gasteiger partial charge is 0.494 e. The van der Waals surface area contributed by atoms with Gasteiger partial charge in [-0.3, -0.25) is 0 Å². The molecule has 0 spiro atoms. The number of hydrogen-bond acceptors (Lipinski definition) is 1. The third kappa shape index (κ3) is 3.44. The summed E-state index contributed by atoms with van der Waals surface area (Å²) in [5, 5.41) is 2.63. The van der Waals surface area contributed by atoms with Gasteiger partial charge in [0.25, 0.3) is 0 Å². The van der Waals surface area contributed by atoms with Crippen molar-refractivity contribution in [2.45, 2.75) is 40.0 Å². The molecule has 0 fully saturated rings. The Kier molecular flexibility index (Phi) is 4.89. The van der Waals surface area contributed by atoms with E-state index in [4.69, 9.17) is 4.74 Å². The predicted octanol–water partition coefficient (Wildman–Crippen LogP) is 6.97. The summed E-state index contributed by atoms with van der Waals surface area (Å²) < 4.78 is 8.23. The number of aryl methyl sites for hydroxylation is 2. The topological polar surface area (TPSA) is 14.2 Å². The Morgan fingerprint density at radius 3 is 1.89 bits per heavy atom. The number of unbranched alkanes of at least 4 members (excludes halogenated alkanes) is 2. The first-order valence-corrected chi connectivity index (χ1v) is 9.92. The minimum Gasteiger partial charge on any atom is -0.494 e. The molecule has 0 unspecified atom stereocenters.